The largest absolute Gasteiger partial charge is 0.478 e. The normalized spacial score (nSPS) is 11.3. The zero-order valence-electron chi connectivity index (χ0n) is 11.3. The lowest BCUT2D eigenvalue weighted by molar-refractivity contribution is 0.0697. The van der Waals surface area contributed by atoms with Gasteiger partial charge in [-0.2, -0.15) is 0 Å². The average Bonchev–Trinajstić information content (AvgIpc) is 2.85. The molecule has 0 saturated heterocycles. The van der Waals surface area contributed by atoms with Gasteiger partial charge in [-0.1, -0.05) is 0 Å². The van der Waals surface area contributed by atoms with Crippen LogP contribution in [0, 0.1) is 6.92 Å². The molecular formula is C12H13N3O4S2. The van der Waals surface area contributed by atoms with E-state index in [1.807, 2.05) is 0 Å². The van der Waals surface area contributed by atoms with Gasteiger partial charge in [0.15, 0.2) is 4.21 Å². The molecule has 9 heteroatoms. The molecule has 3 N–H and O–H groups in total. The number of nitrogens with two attached hydrogens (primary N) is 1. The number of hydrogen-bond acceptors (Lipinski definition) is 6. The van der Waals surface area contributed by atoms with Crippen LogP contribution in [0.5, 0.6) is 0 Å². The van der Waals surface area contributed by atoms with Gasteiger partial charge in [0.05, 0.1) is 28.1 Å². The van der Waals surface area contributed by atoms with E-state index in [-0.39, 0.29) is 21.1 Å². The maximum absolute atomic E-state index is 12.4. The summed E-state index contributed by atoms with van der Waals surface area (Å²) in [6.07, 6.45) is 1.29. The fraction of sp³-hybridized carbons (Fsp3) is 0.167. The molecule has 0 radical (unpaired) electrons. The average molecular weight is 327 g/mol. The lowest BCUT2D eigenvalue weighted by Gasteiger charge is -2.20. The Hall–Kier alpha value is -2.13. The second kappa shape index (κ2) is 5.34. The van der Waals surface area contributed by atoms with E-state index in [9.17, 15) is 13.2 Å². The third-order valence-electron chi connectivity index (χ3n) is 2.83. The second-order valence-corrected chi connectivity index (χ2v) is 7.68. The molecule has 21 heavy (non-hydrogen) atoms. The summed E-state index contributed by atoms with van der Waals surface area (Å²) in [7, 11) is -2.41. The van der Waals surface area contributed by atoms with Crippen LogP contribution in [0.2, 0.25) is 0 Å². The summed E-state index contributed by atoms with van der Waals surface area (Å²) in [5.74, 6) is -1.13. The lowest BCUT2D eigenvalue weighted by atomic mass is 10.2. The van der Waals surface area contributed by atoms with Gasteiger partial charge < -0.3 is 10.8 Å². The zero-order chi connectivity index (χ0) is 15.8. The highest BCUT2D eigenvalue weighted by Gasteiger charge is 2.25. The molecule has 2 aromatic rings. The van der Waals surface area contributed by atoms with Gasteiger partial charge in [-0.05, 0) is 25.1 Å². The van der Waals surface area contributed by atoms with Crippen LogP contribution in [0.4, 0.5) is 11.4 Å². The van der Waals surface area contributed by atoms with Crippen molar-refractivity contribution in [3.05, 3.63) is 35.0 Å². The minimum absolute atomic E-state index is 0.00400. The Kier molecular flexibility index (Phi) is 3.88. The smallest absolute Gasteiger partial charge is 0.335 e. The highest BCUT2D eigenvalue weighted by molar-refractivity contribution is 7.94. The fourth-order valence-electron chi connectivity index (χ4n) is 1.70. The monoisotopic (exact) mass is 327 g/mol. The van der Waals surface area contributed by atoms with Gasteiger partial charge in [0.25, 0.3) is 10.0 Å². The highest BCUT2D eigenvalue weighted by Crippen LogP contribution is 2.30. The SMILES string of the molecule is Cc1ncc(S(=O)(=O)N(C)c2ccc(C(=O)O)cc2N)s1. The maximum Gasteiger partial charge on any atom is 0.335 e. The Balaban J connectivity index is 2.44. The van der Waals surface area contributed by atoms with E-state index in [0.29, 0.717) is 5.01 Å². The molecule has 1 heterocycles. The first-order valence-electron chi connectivity index (χ1n) is 5.77. The van der Waals surface area contributed by atoms with Gasteiger partial charge in [-0.15, -0.1) is 11.3 Å². The number of sulfonamides is 1. The topological polar surface area (TPSA) is 114 Å². The number of carboxylic acid groups (broad SMARTS) is 1. The van der Waals surface area contributed by atoms with Crippen molar-refractivity contribution in [2.75, 3.05) is 17.1 Å². The van der Waals surface area contributed by atoms with Crippen LogP contribution in [0.25, 0.3) is 0 Å². The molecule has 0 fully saturated rings. The molecular weight excluding hydrogens is 314 g/mol. The molecule has 0 bridgehead atoms. The predicted molar refractivity (Wildman–Crippen MR) is 80.3 cm³/mol. The van der Waals surface area contributed by atoms with Crippen molar-refractivity contribution in [1.29, 1.82) is 0 Å². The quantitative estimate of drug-likeness (QED) is 0.824. The summed E-state index contributed by atoms with van der Waals surface area (Å²) in [6, 6.07) is 3.89. The standard InChI is InChI=1S/C12H13N3O4S2/c1-7-14-6-11(20-7)21(18,19)15(2)10-4-3-8(12(16)17)5-9(10)13/h3-6H,13H2,1-2H3,(H,16,17). The maximum atomic E-state index is 12.4. The molecule has 0 amide bonds. The summed E-state index contributed by atoms with van der Waals surface area (Å²) in [5.41, 5.74) is 6.04. The number of thiazole rings is 1. The summed E-state index contributed by atoms with van der Waals surface area (Å²) >= 11 is 1.06. The third kappa shape index (κ3) is 2.83. The van der Waals surface area contributed by atoms with Crippen molar-refractivity contribution in [2.45, 2.75) is 11.1 Å². The van der Waals surface area contributed by atoms with Crippen LogP contribution >= 0.6 is 11.3 Å². The zero-order valence-corrected chi connectivity index (χ0v) is 12.9. The van der Waals surface area contributed by atoms with Crippen LogP contribution in [0.1, 0.15) is 15.4 Å². The Morgan fingerprint density at radius 1 is 1.43 bits per heavy atom. The molecule has 0 aliphatic heterocycles. The summed E-state index contributed by atoms with van der Waals surface area (Å²) in [5, 5.41) is 9.52. The number of hydrogen-bond donors (Lipinski definition) is 2. The minimum atomic E-state index is -3.76. The molecule has 0 spiro atoms. The molecule has 7 nitrogen and oxygen atoms in total. The molecule has 1 aromatic heterocycles. The summed E-state index contributed by atoms with van der Waals surface area (Å²) in [6.45, 7) is 1.71. The Morgan fingerprint density at radius 2 is 2.10 bits per heavy atom. The molecule has 112 valence electrons. The lowest BCUT2D eigenvalue weighted by Crippen LogP contribution is -2.26. The van der Waals surface area contributed by atoms with Gasteiger partial charge >= 0.3 is 5.97 Å². The van der Waals surface area contributed by atoms with Gasteiger partial charge in [-0.25, -0.2) is 18.2 Å². The summed E-state index contributed by atoms with van der Waals surface area (Å²) in [4.78, 5) is 14.8. The van der Waals surface area contributed by atoms with Crippen molar-refractivity contribution in [1.82, 2.24) is 4.98 Å². The van der Waals surface area contributed by atoms with Gasteiger partial charge in [0.1, 0.15) is 0 Å². The molecule has 0 aliphatic carbocycles. The Morgan fingerprint density at radius 3 is 2.57 bits per heavy atom. The molecule has 1 aromatic carbocycles. The van der Waals surface area contributed by atoms with Crippen molar-refractivity contribution < 1.29 is 18.3 Å². The fourth-order valence-corrected chi connectivity index (χ4v) is 4.20. The van der Waals surface area contributed by atoms with Crippen LogP contribution in [-0.2, 0) is 10.0 Å². The Bertz CT molecular complexity index is 799. The van der Waals surface area contributed by atoms with E-state index >= 15 is 0 Å². The molecule has 0 aliphatic rings. The number of benzene rings is 1. The van der Waals surface area contributed by atoms with Crippen LogP contribution in [-0.4, -0.2) is 31.5 Å². The number of anilines is 2. The van der Waals surface area contributed by atoms with Crippen LogP contribution in [0.3, 0.4) is 0 Å². The number of carbonyl (C=O) groups is 1. The first-order valence-corrected chi connectivity index (χ1v) is 8.03. The van der Waals surface area contributed by atoms with E-state index in [1.54, 1.807) is 6.92 Å². The van der Waals surface area contributed by atoms with Crippen molar-refractivity contribution in [3.63, 3.8) is 0 Å². The minimum Gasteiger partial charge on any atom is -0.478 e. The van der Waals surface area contributed by atoms with E-state index in [4.69, 9.17) is 10.8 Å². The van der Waals surface area contributed by atoms with Gasteiger partial charge in [0.2, 0.25) is 0 Å². The van der Waals surface area contributed by atoms with E-state index in [0.717, 1.165) is 15.6 Å². The van der Waals surface area contributed by atoms with Crippen molar-refractivity contribution >= 4 is 38.7 Å². The van der Waals surface area contributed by atoms with Gasteiger partial charge in [-0.3, -0.25) is 4.31 Å². The predicted octanol–water partition coefficient (Wildman–Crippen LogP) is 1.56. The number of carboxylic acids is 1. The van der Waals surface area contributed by atoms with E-state index in [2.05, 4.69) is 4.98 Å². The number of rotatable bonds is 4. The second-order valence-electron chi connectivity index (χ2n) is 4.25. The molecule has 0 unspecified atom stereocenters. The van der Waals surface area contributed by atoms with Crippen molar-refractivity contribution in [2.24, 2.45) is 0 Å². The first-order chi connectivity index (χ1) is 9.73. The number of nitrogen functional groups attached to an aromatic ring is 1. The first kappa shape index (κ1) is 15.3. The summed E-state index contributed by atoms with van der Waals surface area (Å²) < 4.78 is 26.0. The third-order valence-corrected chi connectivity index (χ3v) is 5.95. The number of aromatic nitrogens is 1. The van der Waals surface area contributed by atoms with Crippen LogP contribution < -0.4 is 10.0 Å². The molecule has 0 saturated carbocycles. The van der Waals surface area contributed by atoms with Crippen molar-refractivity contribution in [3.8, 4) is 0 Å². The Labute approximate surface area is 125 Å². The van der Waals surface area contributed by atoms with Gasteiger partial charge in [0, 0.05) is 7.05 Å². The molecule has 0 atom stereocenters. The van der Waals surface area contributed by atoms with E-state index in [1.165, 1.54) is 31.4 Å². The number of aromatic carboxylic acids is 1. The van der Waals surface area contributed by atoms with E-state index < -0.39 is 16.0 Å². The number of nitrogens with zero attached hydrogens (tertiary/aromatic N) is 2. The molecule has 2 rings (SSSR count). The van der Waals surface area contributed by atoms with Crippen LogP contribution in [0.15, 0.2) is 28.6 Å². The highest BCUT2D eigenvalue weighted by atomic mass is 32.2. The number of aryl methyl sites for hydroxylation is 1.